The summed E-state index contributed by atoms with van der Waals surface area (Å²) < 4.78 is 10.5. The molecule has 1 aromatic carbocycles. The van der Waals surface area contributed by atoms with Crippen molar-refractivity contribution in [2.75, 3.05) is 13.7 Å². The zero-order valence-electron chi connectivity index (χ0n) is 8.40. The Morgan fingerprint density at radius 2 is 2.40 bits per heavy atom. The topological polar surface area (TPSA) is 55.8 Å². The first-order valence-corrected chi connectivity index (χ1v) is 4.76. The molecule has 0 fully saturated rings. The number of carboxylic acids is 1. The Hall–Kier alpha value is -1.71. The number of carbonyl (C=O) groups is 1. The van der Waals surface area contributed by atoms with Crippen LogP contribution in [0.3, 0.4) is 0 Å². The van der Waals surface area contributed by atoms with E-state index in [1.165, 1.54) is 0 Å². The number of ether oxygens (including phenoxy) is 2. The summed E-state index contributed by atoms with van der Waals surface area (Å²) in [6.07, 6.45) is 0.522. The van der Waals surface area contributed by atoms with E-state index >= 15 is 0 Å². The highest BCUT2D eigenvalue weighted by molar-refractivity contribution is 5.77. The smallest absolute Gasteiger partial charge is 0.311 e. The Labute approximate surface area is 87.4 Å². The molecule has 0 radical (unpaired) electrons. The molecule has 1 aromatic rings. The summed E-state index contributed by atoms with van der Waals surface area (Å²) in [5.41, 5.74) is 0.731. The highest BCUT2D eigenvalue weighted by Gasteiger charge is 2.27. The van der Waals surface area contributed by atoms with E-state index in [4.69, 9.17) is 14.6 Å². The van der Waals surface area contributed by atoms with Gasteiger partial charge in [0.1, 0.15) is 11.5 Å². The predicted octanol–water partition coefficient (Wildman–Crippen LogP) is 1.65. The molecule has 0 spiro atoms. The van der Waals surface area contributed by atoms with Gasteiger partial charge >= 0.3 is 5.97 Å². The fourth-order valence-electron chi connectivity index (χ4n) is 1.75. The molecule has 0 aromatic heterocycles. The molecule has 4 nitrogen and oxygen atoms in total. The van der Waals surface area contributed by atoms with Gasteiger partial charge in [-0.05, 0) is 12.5 Å². The molecule has 4 heteroatoms. The summed E-state index contributed by atoms with van der Waals surface area (Å²) in [6.45, 7) is 0.442. The number of fused-ring (bicyclic) bond motifs is 1. The van der Waals surface area contributed by atoms with Gasteiger partial charge in [-0.3, -0.25) is 4.79 Å². The first-order valence-electron chi connectivity index (χ1n) is 4.76. The first-order chi connectivity index (χ1) is 7.22. The standard InChI is InChI=1S/C11H12O4/c1-14-7-2-3-8-9(11(12)13)4-5-15-10(8)6-7/h2-3,6,9H,4-5H2,1H3,(H,12,13). The van der Waals surface area contributed by atoms with Gasteiger partial charge in [-0.25, -0.2) is 0 Å². The SMILES string of the molecule is COc1ccc2c(c1)OCCC2C(=O)O. The van der Waals surface area contributed by atoms with Crippen LogP contribution >= 0.6 is 0 Å². The van der Waals surface area contributed by atoms with E-state index in [2.05, 4.69) is 0 Å². The molecular formula is C11H12O4. The second kappa shape index (κ2) is 3.81. The Morgan fingerprint density at radius 3 is 3.07 bits per heavy atom. The lowest BCUT2D eigenvalue weighted by atomic mass is 9.93. The Morgan fingerprint density at radius 1 is 1.60 bits per heavy atom. The molecule has 1 N–H and O–H groups in total. The summed E-state index contributed by atoms with van der Waals surface area (Å²) in [5.74, 6) is 0.0390. The van der Waals surface area contributed by atoms with E-state index in [1.807, 2.05) is 0 Å². The summed E-state index contributed by atoms with van der Waals surface area (Å²) >= 11 is 0. The van der Waals surface area contributed by atoms with E-state index in [-0.39, 0.29) is 0 Å². The number of rotatable bonds is 2. The largest absolute Gasteiger partial charge is 0.497 e. The fourth-order valence-corrected chi connectivity index (χ4v) is 1.75. The van der Waals surface area contributed by atoms with Crippen LogP contribution in [0.1, 0.15) is 17.9 Å². The molecule has 0 bridgehead atoms. The van der Waals surface area contributed by atoms with E-state index in [9.17, 15) is 4.79 Å². The van der Waals surface area contributed by atoms with Crippen molar-refractivity contribution >= 4 is 5.97 Å². The van der Waals surface area contributed by atoms with Crippen LogP contribution in [-0.4, -0.2) is 24.8 Å². The van der Waals surface area contributed by atoms with Crippen LogP contribution in [0, 0.1) is 0 Å². The number of methoxy groups -OCH3 is 1. The summed E-state index contributed by atoms with van der Waals surface area (Å²) in [7, 11) is 1.57. The number of hydrogen-bond acceptors (Lipinski definition) is 3. The minimum absolute atomic E-state index is 0.442. The van der Waals surface area contributed by atoms with Crippen molar-refractivity contribution in [3.63, 3.8) is 0 Å². The van der Waals surface area contributed by atoms with Crippen molar-refractivity contribution in [3.05, 3.63) is 23.8 Å². The lowest BCUT2D eigenvalue weighted by Crippen LogP contribution is -2.20. The van der Waals surface area contributed by atoms with Gasteiger partial charge in [-0.15, -0.1) is 0 Å². The van der Waals surface area contributed by atoms with Crippen LogP contribution in [0.5, 0.6) is 11.5 Å². The molecule has 0 saturated carbocycles. The lowest BCUT2D eigenvalue weighted by Gasteiger charge is -2.23. The second-order valence-corrected chi connectivity index (χ2v) is 3.43. The number of hydrogen-bond donors (Lipinski definition) is 1. The average molecular weight is 208 g/mol. The van der Waals surface area contributed by atoms with Crippen molar-refractivity contribution in [3.8, 4) is 11.5 Å². The molecule has 1 heterocycles. The van der Waals surface area contributed by atoms with Crippen molar-refractivity contribution in [2.24, 2.45) is 0 Å². The maximum atomic E-state index is 11.0. The van der Waals surface area contributed by atoms with Crippen LogP contribution in [-0.2, 0) is 4.79 Å². The summed E-state index contributed by atoms with van der Waals surface area (Å²) in [4.78, 5) is 11.0. The van der Waals surface area contributed by atoms with Crippen molar-refractivity contribution in [1.29, 1.82) is 0 Å². The van der Waals surface area contributed by atoms with Gasteiger partial charge < -0.3 is 14.6 Å². The van der Waals surface area contributed by atoms with E-state index in [1.54, 1.807) is 25.3 Å². The highest BCUT2D eigenvalue weighted by atomic mass is 16.5. The molecule has 1 unspecified atom stereocenters. The molecule has 0 amide bonds. The van der Waals surface area contributed by atoms with Crippen molar-refractivity contribution in [2.45, 2.75) is 12.3 Å². The minimum atomic E-state index is -0.801. The van der Waals surface area contributed by atoms with Gasteiger partial charge in [0.05, 0.1) is 19.6 Å². The molecule has 1 aliphatic rings. The van der Waals surface area contributed by atoms with Crippen molar-refractivity contribution in [1.82, 2.24) is 0 Å². The lowest BCUT2D eigenvalue weighted by molar-refractivity contribution is -0.139. The Bertz CT molecular complexity index is 386. The van der Waals surface area contributed by atoms with Gasteiger partial charge in [0.2, 0.25) is 0 Å². The van der Waals surface area contributed by atoms with Crippen molar-refractivity contribution < 1.29 is 19.4 Å². The third-order valence-electron chi connectivity index (χ3n) is 2.56. The van der Waals surface area contributed by atoms with Gasteiger partial charge in [-0.1, -0.05) is 6.07 Å². The van der Waals surface area contributed by atoms with Crippen LogP contribution < -0.4 is 9.47 Å². The number of benzene rings is 1. The molecule has 80 valence electrons. The monoisotopic (exact) mass is 208 g/mol. The Balaban J connectivity index is 2.40. The molecular weight excluding hydrogens is 196 g/mol. The molecule has 0 saturated heterocycles. The molecule has 1 atom stereocenters. The number of carboxylic acid groups (broad SMARTS) is 1. The summed E-state index contributed by atoms with van der Waals surface area (Å²) in [6, 6.07) is 5.24. The number of aliphatic carboxylic acids is 1. The zero-order chi connectivity index (χ0) is 10.8. The van der Waals surface area contributed by atoms with Gasteiger partial charge in [0.25, 0.3) is 0 Å². The van der Waals surface area contributed by atoms with Gasteiger partial charge in [0, 0.05) is 11.6 Å². The quantitative estimate of drug-likeness (QED) is 0.802. The predicted molar refractivity (Wildman–Crippen MR) is 53.5 cm³/mol. The van der Waals surface area contributed by atoms with Crippen LogP contribution in [0.25, 0.3) is 0 Å². The summed E-state index contributed by atoms with van der Waals surface area (Å²) in [5, 5.41) is 9.02. The Kier molecular flexibility index (Phi) is 2.49. The third kappa shape index (κ3) is 1.75. The van der Waals surface area contributed by atoms with Gasteiger partial charge in [0.15, 0.2) is 0 Å². The maximum Gasteiger partial charge on any atom is 0.311 e. The normalized spacial score (nSPS) is 18.9. The van der Waals surface area contributed by atoms with Crippen LogP contribution in [0.2, 0.25) is 0 Å². The molecule has 15 heavy (non-hydrogen) atoms. The average Bonchev–Trinajstić information content (AvgIpc) is 2.27. The van der Waals surface area contributed by atoms with Crippen LogP contribution in [0.15, 0.2) is 18.2 Å². The first kappa shape index (κ1) is 9.83. The zero-order valence-corrected chi connectivity index (χ0v) is 8.40. The maximum absolute atomic E-state index is 11.0. The van der Waals surface area contributed by atoms with E-state index in [0.29, 0.717) is 24.5 Å². The van der Waals surface area contributed by atoms with Gasteiger partial charge in [-0.2, -0.15) is 0 Å². The molecule has 2 rings (SSSR count). The van der Waals surface area contributed by atoms with Crippen LogP contribution in [0.4, 0.5) is 0 Å². The molecule has 1 aliphatic heterocycles. The third-order valence-corrected chi connectivity index (χ3v) is 2.56. The molecule has 0 aliphatic carbocycles. The second-order valence-electron chi connectivity index (χ2n) is 3.43. The van der Waals surface area contributed by atoms with E-state index < -0.39 is 11.9 Å². The fraction of sp³-hybridized carbons (Fsp3) is 0.364. The minimum Gasteiger partial charge on any atom is -0.497 e. The van der Waals surface area contributed by atoms with E-state index in [0.717, 1.165) is 5.56 Å². The highest BCUT2D eigenvalue weighted by Crippen LogP contribution is 2.36.